The van der Waals surface area contributed by atoms with Gasteiger partial charge < -0.3 is 14.5 Å². The first-order chi connectivity index (χ1) is 11.2. The largest absolute Gasteiger partial charge is 0.497 e. The lowest BCUT2D eigenvalue weighted by Gasteiger charge is -2.41. The molecule has 1 fully saturated rings. The summed E-state index contributed by atoms with van der Waals surface area (Å²) in [4.78, 5) is 9.06. The van der Waals surface area contributed by atoms with Crippen molar-refractivity contribution in [1.29, 1.82) is 5.26 Å². The number of hydrogen-bond donors (Lipinski definition) is 0. The molecule has 5 heteroatoms. The predicted octanol–water partition coefficient (Wildman–Crippen LogP) is 2.68. The van der Waals surface area contributed by atoms with Gasteiger partial charge in [0.1, 0.15) is 17.6 Å². The summed E-state index contributed by atoms with van der Waals surface area (Å²) in [6.07, 6.45) is 1.63. The number of hydrogen-bond acceptors (Lipinski definition) is 5. The van der Waals surface area contributed by atoms with Gasteiger partial charge in [0.05, 0.1) is 12.7 Å². The molecule has 118 valence electrons. The molecule has 3 rings (SSSR count). The summed E-state index contributed by atoms with van der Waals surface area (Å²) in [5.74, 6) is 1.81. The van der Waals surface area contributed by atoms with Crippen molar-refractivity contribution in [1.82, 2.24) is 4.98 Å². The van der Waals surface area contributed by atoms with Crippen molar-refractivity contribution in [3.8, 4) is 11.8 Å². The second-order valence-corrected chi connectivity index (χ2v) is 5.71. The molecule has 1 aromatic heterocycles. The second kappa shape index (κ2) is 6.57. The van der Waals surface area contributed by atoms with E-state index in [9.17, 15) is 0 Å². The minimum Gasteiger partial charge on any atom is -0.497 e. The quantitative estimate of drug-likeness (QED) is 0.872. The molecule has 0 bridgehead atoms. The molecule has 1 unspecified atom stereocenters. The Labute approximate surface area is 136 Å². The number of nitrogens with zero attached hydrogens (tertiary/aromatic N) is 4. The zero-order valence-corrected chi connectivity index (χ0v) is 13.4. The first kappa shape index (κ1) is 15.2. The standard InChI is InChI=1S/C18H20N4O/c1-14-13-21(18-7-6-15(11-19)12-20-18)8-9-22(14)16-4-3-5-17(10-16)23-2/h3-7,10,12,14H,8-9,13H2,1-2H3. The predicted molar refractivity (Wildman–Crippen MR) is 91.0 cm³/mol. The molecule has 0 saturated carbocycles. The summed E-state index contributed by atoms with van der Waals surface area (Å²) in [5.41, 5.74) is 1.78. The highest BCUT2D eigenvalue weighted by molar-refractivity contribution is 5.54. The van der Waals surface area contributed by atoms with Crippen LogP contribution in [0, 0.1) is 11.3 Å². The Morgan fingerprint density at radius 2 is 2.13 bits per heavy atom. The van der Waals surface area contributed by atoms with Gasteiger partial charge in [-0.15, -0.1) is 0 Å². The van der Waals surface area contributed by atoms with Gasteiger partial charge in [-0.25, -0.2) is 4.98 Å². The topological polar surface area (TPSA) is 52.4 Å². The lowest BCUT2D eigenvalue weighted by Crippen LogP contribution is -2.52. The van der Waals surface area contributed by atoms with Crippen LogP contribution in [0.2, 0.25) is 0 Å². The Hall–Kier alpha value is -2.74. The van der Waals surface area contributed by atoms with E-state index in [1.807, 2.05) is 24.3 Å². The number of aromatic nitrogens is 1. The molecule has 0 spiro atoms. The van der Waals surface area contributed by atoms with Crippen LogP contribution in [0.3, 0.4) is 0 Å². The molecule has 23 heavy (non-hydrogen) atoms. The molecular formula is C18H20N4O. The lowest BCUT2D eigenvalue weighted by atomic mass is 10.1. The zero-order chi connectivity index (χ0) is 16.2. The van der Waals surface area contributed by atoms with Crippen LogP contribution < -0.4 is 14.5 Å². The third-order valence-electron chi connectivity index (χ3n) is 4.21. The summed E-state index contributed by atoms with van der Waals surface area (Å²) in [7, 11) is 1.69. The van der Waals surface area contributed by atoms with Gasteiger partial charge >= 0.3 is 0 Å². The molecule has 1 aliphatic heterocycles. The highest BCUT2D eigenvalue weighted by Gasteiger charge is 2.24. The van der Waals surface area contributed by atoms with Crippen molar-refractivity contribution in [2.75, 3.05) is 36.5 Å². The third-order valence-corrected chi connectivity index (χ3v) is 4.21. The molecule has 1 saturated heterocycles. The number of ether oxygens (including phenoxy) is 1. The Morgan fingerprint density at radius 1 is 1.26 bits per heavy atom. The average molecular weight is 308 g/mol. The van der Waals surface area contributed by atoms with Crippen molar-refractivity contribution >= 4 is 11.5 Å². The number of methoxy groups -OCH3 is 1. The summed E-state index contributed by atoms with van der Waals surface area (Å²) in [5, 5.41) is 8.86. The van der Waals surface area contributed by atoms with Gasteiger partial charge in [-0.1, -0.05) is 6.07 Å². The van der Waals surface area contributed by atoms with Crippen LogP contribution in [0.25, 0.3) is 0 Å². The fourth-order valence-corrected chi connectivity index (χ4v) is 2.98. The normalized spacial score (nSPS) is 17.7. The van der Waals surface area contributed by atoms with Crippen LogP contribution in [-0.4, -0.2) is 37.8 Å². The fraction of sp³-hybridized carbons (Fsp3) is 0.333. The molecule has 5 nitrogen and oxygen atoms in total. The van der Waals surface area contributed by atoms with E-state index in [1.54, 1.807) is 13.3 Å². The van der Waals surface area contributed by atoms with E-state index in [1.165, 1.54) is 5.69 Å². The van der Waals surface area contributed by atoms with Gasteiger partial charge in [-0.2, -0.15) is 5.26 Å². The van der Waals surface area contributed by atoms with Crippen molar-refractivity contribution < 1.29 is 4.74 Å². The van der Waals surface area contributed by atoms with Gasteiger partial charge in [0.2, 0.25) is 0 Å². The van der Waals surface area contributed by atoms with Crippen LogP contribution in [-0.2, 0) is 0 Å². The smallest absolute Gasteiger partial charge is 0.128 e. The maximum atomic E-state index is 8.86. The molecule has 2 heterocycles. The highest BCUT2D eigenvalue weighted by Crippen LogP contribution is 2.26. The SMILES string of the molecule is COc1cccc(N2CCN(c3ccc(C#N)cn3)CC2C)c1. The molecular weight excluding hydrogens is 288 g/mol. The lowest BCUT2D eigenvalue weighted by molar-refractivity contribution is 0.414. The Morgan fingerprint density at radius 3 is 2.78 bits per heavy atom. The van der Waals surface area contributed by atoms with Crippen molar-refractivity contribution in [3.63, 3.8) is 0 Å². The molecule has 0 amide bonds. The van der Waals surface area contributed by atoms with E-state index in [0.717, 1.165) is 31.2 Å². The molecule has 0 N–H and O–H groups in total. The van der Waals surface area contributed by atoms with Crippen molar-refractivity contribution in [3.05, 3.63) is 48.2 Å². The summed E-state index contributed by atoms with van der Waals surface area (Å²) in [6.45, 7) is 4.95. The maximum Gasteiger partial charge on any atom is 0.128 e. The molecule has 0 aliphatic carbocycles. The number of anilines is 2. The van der Waals surface area contributed by atoms with Crippen LogP contribution in [0.1, 0.15) is 12.5 Å². The first-order valence-electron chi connectivity index (χ1n) is 7.73. The number of benzene rings is 1. The van der Waals surface area contributed by atoms with E-state index in [-0.39, 0.29) is 0 Å². The van der Waals surface area contributed by atoms with Crippen LogP contribution in [0.5, 0.6) is 5.75 Å². The van der Waals surface area contributed by atoms with Gasteiger partial charge in [0.15, 0.2) is 0 Å². The minimum absolute atomic E-state index is 0.369. The Balaban J connectivity index is 1.72. The van der Waals surface area contributed by atoms with Gasteiger partial charge in [-0.3, -0.25) is 0 Å². The second-order valence-electron chi connectivity index (χ2n) is 5.71. The summed E-state index contributed by atoms with van der Waals surface area (Å²) < 4.78 is 5.32. The maximum absolute atomic E-state index is 8.86. The number of piperazine rings is 1. The Kier molecular flexibility index (Phi) is 4.33. The number of pyridine rings is 1. The Bertz CT molecular complexity index is 708. The van der Waals surface area contributed by atoms with Gasteiger partial charge in [0.25, 0.3) is 0 Å². The minimum atomic E-state index is 0.369. The van der Waals surface area contributed by atoms with Crippen molar-refractivity contribution in [2.45, 2.75) is 13.0 Å². The van der Waals surface area contributed by atoms with Crippen LogP contribution in [0.4, 0.5) is 11.5 Å². The fourth-order valence-electron chi connectivity index (χ4n) is 2.98. The third kappa shape index (κ3) is 3.21. The van der Waals surface area contributed by atoms with E-state index in [2.05, 4.69) is 39.9 Å². The monoisotopic (exact) mass is 308 g/mol. The van der Waals surface area contributed by atoms with E-state index >= 15 is 0 Å². The van der Waals surface area contributed by atoms with Gasteiger partial charge in [-0.05, 0) is 31.2 Å². The first-order valence-corrected chi connectivity index (χ1v) is 7.73. The number of nitriles is 1. The summed E-state index contributed by atoms with van der Waals surface area (Å²) >= 11 is 0. The van der Waals surface area contributed by atoms with Gasteiger partial charge in [0, 0.05) is 43.6 Å². The van der Waals surface area contributed by atoms with E-state index in [4.69, 9.17) is 10.00 Å². The van der Waals surface area contributed by atoms with E-state index in [0.29, 0.717) is 11.6 Å². The summed E-state index contributed by atoms with van der Waals surface area (Å²) in [6, 6.07) is 14.4. The molecule has 1 aliphatic rings. The number of rotatable bonds is 3. The molecule has 1 atom stereocenters. The van der Waals surface area contributed by atoms with Crippen LogP contribution in [0.15, 0.2) is 42.6 Å². The average Bonchev–Trinajstić information content (AvgIpc) is 2.61. The zero-order valence-electron chi connectivity index (χ0n) is 13.4. The highest BCUT2D eigenvalue weighted by atomic mass is 16.5. The van der Waals surface area contributed by atoms with E-state index < -0.39 is 0 Å². The molecule has 0 radical (unpaired) electrons. The molecule has 1 aromatic carbocycles. The van der Waals surface area contributed by atoms with Crippen molar-refractivity contribution in [2.24, 2.45) is 0 Å². The molecule has 2 aromatic rings. The van der Waals surface area contributed by atoms with Crippen LogP contribution >= 0.6 is 0 Å².